The van der Waals surface area contributed by atoms with Crippen LogP contribution in [0.3, 0.4) is 0 Å². The summed E-state index contributed by atoms with van der Waals surface area (Å²) >= 11 is 1.45. The number of anilines is 1. The molecule has 2 aliphatic rings. The van der Waals surface area contributed by atoms with E-state index in [2.05, 4.69) is 20.6 Å². The number of nitrogens with one attached hydrogen (secondary N) is 3. The van der Waals surface area contributed by atoms with Gasteiger partial charge in [0.05, 0.1) is 11.3 Å². The highest BCUT2D eigenvalue weighted by molar-refractivity contribution is 7.99. The molecule has 1 aromatic heterocycles. The van der Waals surface area contributed by atoms with Gasteiger partial charge in [-0.1, -0.05) is 12.8 Å². The highest BCUT2D eigenvalue weighted by Gasteiger charge is 2.25. The second-order valence-electron chi connectivity index (χ2n) is 7.35. The van der Waals surface area contributed by atoms with Crippen LogP contribution in [0.2, 0.25) is 0 Å². The van der Waals surface area contributed by atoms with Crippen LogP contribution in [-0.2, 0) is 5.75 Å². The molecule has 0 bridgehead atoms. The highest BCUT2D eigenvalue weighted by Crippen LogP contribution is 2.27. The second kappa shape index (κ2) is 8.14. The molecule has 2 heterocycles. The van der Waals surface area contributed by atoms with Gasteiger partial charge in [-0.15, -0.1) is 11.8 Å². The molecule has 0 amide bonds. The molecule has 2 aromatic rings. The third-order valence-corrected chi connectivity index (χ3v) is 6.72. The molecule has 0 unspecified atom stereocenters. The number of halogens is 2. The highest BCUT2D eigenvalue weighted by atomic mass is 32.2. The molecule has 1 aromatic carbocycles. The van der Waals surface area contributed by atoms with E-state index in [4.69, 9.17) is 0 Å². The van der Waals surface area contributed by atoms with Crippen LogP contribution in [0.4, 0.5) is 14.5 Å². The Kier molecular flexibility index (Phi) is 5.63. The second-order valence-corrected chi connectivity index (χ2v) is 8.58. The van der Waals surface area contributed by atoms with Crippen LogP contribution < -0.4 is 16.2 Å². The lowest BCUT2D eigenvalue weighted by atomic mass is 10.1. The van der Waals surface area contributed by atoms with Crippen molar-refractivity contribution >= 4 is 28.4 Å². The summed E-state index contributed by atoms with van der Waals surface area (Å²) in [5.74, 6) is 0.293. The standard InChI is InChI=1S/C19H24F2N4OS/c20-13-7-12(23-11-3-1-2-4-11)8-15-18(13)19(26)25-17(24-15)10-27-16-5-6-22-9-14(16)21/h7-8,11,14,16,22-23H,1-6,9-10H2,(H,24,25,26)/t14-,16-/m0/s1. The predicted molar refractivity (Wildman–Crippen MR) is 106 cm³/mol. The first-order valence-electron chi connectivity index (χ1n) is 9.55. The van der Waals surface area contributed by atoms with Crippen molar-refractivity contribution in [3.8, 4) is 0 Å². The molecule has 2 atom stereocenters. The summed E-state index contributed by atoms with van der Waals surface area (Å²) in [4.78, 5) is 19.4. The number of rotatable bonds is 5. The first-order valence-corrected chi connectivity index (χ1v) is 10.6. The van der Waals surface area contributed by atoms with Crippen LogP contribution in [0, 0.1) is 5.82 Å². The quantitative estimate of drug-likeness (QED) is 0.726. The lowest BCUT2D eigenvalue weighted by Crippen LogP contribution is -2.39. The number of benzene rings is 1. The van der Waals surface area contributed by atoms with Gasteiger partial charge in [-0.05, 0) is 37.9 Å². The molecule has 1 aliphatic heterocycles. The Morgan fingerprint density at radius 1 is 1.26 bits per heavy atom. The first kappa shape index (κ1) is 18.7. The van der Waals surface area contributed by atoms with Gasteiger partial charge in [-0.2, -0.15) is 0 Å². The van der Waals surface area contributed by atoms with E-state index in [-0.39, 0.29) is 10.6 Å². The van der Waals surface area contributed by atoms with Gasteiger partial charge in [-0.3, -0.25) is 4.79 Å². The Morgan fingerprint density at radius 3 is 2.85 bits per heavy atom. The number of aromatic amines is 1. The molecule has 27 heavy (non-hydrogen) atoms. The minimum absolute atomic E-state index is 0.0223. The number of nitrogens with zero attached hydrogens (tertiary/aromatic N) is 1. The fourth-order valence-corrected chi connectivity index (χ4v) is 5.00. The average molecular weight is 394 g/mol. The maximum Gasteiger partial charge on any atom is 0.261 e. The summed E-state index contributed by atoms with van der Waals surface area (Å²) in [6.45, 7) is 1.15. The summed E-state index contributed by atoms with van der Waals surface area (Å²) in [5.41, 5.74) is 0.519. The number of aromatic nitrogens is 2. The average Bonchev–Trinajstić information content (AvgIpc) is 3.13. The van der Waals surface area contributed by atoms with Crippen molar-refractivity contribution in [1.82, 2.24) is 15.3 Å². The zero-order chi connectivity index (χ0) is 18.8. The van der Waals surface area contributed by atoms with Crippen LogP contribution in [0.15, 0.2) is 16.9 Å². The fraction of sp³-hybridized carbons (Fsp3) is 0.579. The lowest BCUT2D eigenvalue weighted by molar-refractivity contribution is 0.275. The van der Waals surface area contributed by atoms with E-state index < -0.39 is 17.5 Å². The van der Waals surface area contributed by atoms with Gasteiger partial charge in [0.25, 0.3) is 5.56 Å². The van der Waals surface area contributed by atoms with Crippen molar-refractivity contribution in [3.63, 3.8) is 0 Å². The zero-order valence-corrected chi connectivity index (χ0v) is 15.9. The Morgan fingerprint density at radius 2 is 2.07 bits per heavy atom. The molecule has 0 radical (unpaired) electrons. The molecular weight excluding hydrogens is 370 g/mol. The van der Waals surface area contributed by atoms with E-state index in [9.17, 15) is 13.6 Å². The molecule has 1 saturated carbocycles. The van der Waals surface area contributed by atoms with E-state index in [1.165, 1.54) is 30.7 Å². The third-order valence-electron chi connectivity index (χ3n) is 5.32. The Hall–Kier alpha value is -1.67. The van der Waals surface area contributed by atoms with Crippen LogP contribution in [0.1, 0.15) is 37.9 Å². The summed E-state index contributed by atoms with van der Waals surface area (Å²) in [5, 5.41) is 6.24. The van der Waals surface area contributed by atoms with Crippen LogP contribution in [0.5, 0.6) is 0 Å². The molecule has 146 valence electrons. The van der Waals surface area contributed by atoms with E-state index in [1.807, 2.05) is 0 Å². The number of hydrogen-bond donors (Lipinski definition) is 3. The smallest absolute Gasteiger partial charge is 0.261 e. The normalized spacial score (nSPS) is 23.8. The monoisotopic (exact) mass is 394 g/mol. The van der Waals surface area contributed by atoms with Crippen molar-refractivity contribution in [3.05, 3.63) is 34.1 Å². The molecular formula is C19H24F2N4OS. The number of piperidine rings is 1. The molecule has 2 fully saturated rings. The summed E-state index contributed by atoms with van der Waals surface area (Å²) < 4.78 is 28.4. The Balaban J connectivity index is 1.55. The van der Waals surface area contributed by atoms with Crippen LogP contribution in [-0.4, -0.2) is 40.5 Å². The Labute approximate surface area is 160 Å². The predicted octanol–water partition coefficient (Wildman–Crippen LogP) is 3.35. The van der Waals surface area contributed by atoms with Crippen molar-refractivity contribution in [2.75, 3.05) is 18.4 Å². The number of thioether (sulfide) groups is 1. The van der Waals surface area contributed by atoms with Gasteiger partial charge >= 0.3 is 0 Å². The maximum atomic E-state index is 14.5. The largest absolute Gasteiger partial charge is 0.382 e. The van der Waals surface area contributed by atoms with Crippen molar-refractivity contribution in [1.29, 1.82) is 0 Å². The van der Waals surface area contributed by atoms with Gasteiger partial charge < -0.3 is 15.6 Å². The van der Waals surface area contributed by atoms with E-state index in [0.717, 1.165) is 25.8 Å². The number of H-pyrrole nitrogens is 1. The lowest BCUT2D eigenvalue weighted by Gasteiger charge is -2.25. The Bertz CT molecular complexity index is 869. The topological polar surface area (TPSA) is 69.8 Å². The zero-order valence-electron chi connectivity index (χ0n) is 15.1. The van der Waals surface area contributed by atoms with Crippen molar-refractivity contribution in [2.24, 2.45) is 0 Å². The minimum Gasteiger partial charge on any atom is -0.382 e. The maximum absolute atomic E-state index is 14.5. The molecule has 0 spiro atoms. The minimum atomic E-state index is -0.907. The number of alkyl halides is 1. The SMILES string of the molecule is O=c1[nH]c(CS[C@H]2CCNC[C@@H]2F)nc2cc(NC3CCCC3)cc(F)c12. The number of fused-ring (bicyclic) bond motifs is 1. The van der Waals surface area contributed by atoms with Crippen LogP contribution >= 0.6 is 11.8 Å². The number of hydrogen-bond acceptors (Lipinski definition) is 5. The van der Waals surface area contributed by atoms with Gasteiger partial charge in [-0.25, -0.2) is 13.8 Å². The van der Waals surface area contributed by atoms with Gasteiger partial charge in [0.2, 0.25) is 0 Å². The van der Waals surface area contributed by atoms with Crippen LogP contribution in [0.25, 0.3) is 10.9 Å². The van der Waals surface area contributed by atoms with E-state index >= 15 is 0 Å². The van der Waals surface area contributed by atoms with Crippen molar-refractivity contribution in [2.45, 2.75) is 55.3 Å². The molecule has 1 saturated heterocycles. The summed E-state index contributed by atoms with van der Waals surface area (Å²) in [6.07, 6.45) is 4.35. The van der Waals surface area contributed by atoms with Gasteiger partial charge in [0.15, 0.2) is 0 Å². The van der Waals surface area contributed by atoms with Gasteiger partial charge in [0, 0.05) is 23.5 Å². The van der Waals surface area contributed by atoms with E-state index in [0.29, 0.717) is 35.4 Å². The summed E-state index contributed by atoms with van der Waals surface area (Å²) in [7, 11) is 0. The molecule has 3 N–H and O–H groups in total. The fourth-order valence-electron chi connectivity index (χ4n) is 3.90. The molecule has 5 nitrogen and oxygen atoms in total. The van der Waals surface area contributed by atoms with Crippen molar-refractivity contribution < 1.29 is 8.78 Å². The van der Waals surface area contributed by atoms with E-state index in [1.54, 1.807) is 6.07 Å². The summed E-state index contributed by atoms with van der Waals surface area (Å²) in [6, 6.07) is 3.46. The van der Waals surface area contributed by atoms with Gasteiger partial charge in [0.1, 0.15) is 23.2 Å². The molecule has 4 rings (SSSR count). The molecule has 8 heteroatoms. The first-order chi connectivity index (χ1) is 13.1. The molecule has 1 aliphatic carbocycles. The third kappa shape index (κ3) is 4.27.